The molecule has 0 heterocycles. The zero-order chi connectivity index (χ0) is 12.9. The van der Waals surface area contributed by atoms with E-state index in [1.807, 2.05) is 7.05 Å². The summed E-state index contributed by atoms with van der Waals surface area (Å²) in [7, 11) is 1.84. The minimum atomic E-state index is 0.0723. The first-order chi connectivity index (χ1) is 7.90. The molecule has 0 aliphatic heterocycles. The van der Waals surface area contributed by atoms with Crippen molar-refractivity contribution in [2.75, 3.05) is 13.6 Å². The molecule has 0 aromatic heterocycles. The van der Waals surface area contributed by atoms with Crippen LogP contribution in [0.25, 0.3) is 0 Å². The molecule has 100 valence electrons. The Morgan fingerprint density at radius 1 is 1.18 bits per heavy atom. The monoisotopic (exact) mass is 239 g/mol. The average molecular weight is 239 g/mol. The summed E-state index contributed by atoms with van der Waals surface area (Å²) in [6, 6.07) is 0. The van der Waals surface area contributed by atoms with E-state index < -0.39 is 0 Å². The van der Waals surface area contributed by atoms with E-state index in [1.165, 1.54) is 25.7 Å². The van der Waals surface area contributed by atoms with Crippen molar-refractivity contribution in [3.8, 4) is 0 Å². The van der Waals surface area contributed by atoms with Gasteiger partial charge in [0, 0.05) is 19.1 Å². The average Bonchev–Trinajstić information content (AvgIpc) is 2.25. The highest BCUT2D eigenvalue weighted by molar-refractivity contribution is 5.80. The smallest absolute Gasteiger partial charge is 0.191 e. The third-order valence-electron chi connectivity index (χ3n) is 3.41. The number of hydrogen-bond donors (Lipinski definition) is 2. The maximum Gasteiger partial charge on any atom is 0.191 e. The quantitative estimate of drug-likeness (QED) is 0.574. The van der Waals surface area contributed by atoms with Gasteiger partial charge in [-0.3, -0.25) is 4.99 Å². The Hall–Kier alpha value is -0.730. The van der Waals surface area contributed by atoms with E-state index in [9.17, 15) is 0 Å². The molecule has 3 nitrogen and oxygen atoms in total. The summed E-state index contributed by atoms with van der Waals surface area (Å²) in [5, 5.41) is 6.84. The van der Waals surface area contributed by atoms with E-state index in [1.54, 1.807) is 0 Å². The van der Waals surface area contributed by atoms with Crippen LogP contribution in [0.3, 0.4) is 0 Å². The number of rotatable bonds is 2. The summed E-state index contributed by atoms with van der Waals surface area (Å²) in [5.74, 6) is 2.68. The van der Waals surface area contributed by atoms with Crippen LogP contribution in [0.5, 0.6) is 0 Å². The number of nitrogens with one attached hydrogen (secondary N) is 2. The lowest BCUT2D eigenvalue weighted by Gasteiger charge is -2.28. The Bertz CT molecular complexity index is 245. The Labute approximate surface area is 106 Å². The van der Waals surface area contributed by atoms with Crippen molar-refractivity contribution in [2.24, 2.45) is 16.8 Å². The summed E-state index contributed by atoms with van der Waals surface area (Å²) in [5.41, 5.74) is 0.0723. The molecule has 0 unspecified atom stereocenters. The fraction of sp³-hybridized carbons (Fsp3) is 0.929. The predicted molar refractivity (Wildman–Crippen MR) is 75.4 cm³/mol. The highest BCUT2D eigenvalue weighted by atomic mass is 15.2. The van der Waals surface area contributed by atoms with E-state index in [2.05, 4.69) is 43.3 Å². The molecular formula is C14H29N3. The van der Waals surface area contributed by atoms with Crippen molar-refractivity contribution in [2.45, 2.75) is 58.9 Å². The first-order valence-corrected chi connectivity index (χ1v) is 6.89. The van der Waals surface area contributed by atoms with Crippen LogP contribution in [0, 0.1) is 11.8 Å². The third kappa shape index (κ3) is 5.94. The normalized spacial score (nSPS) is 26.8. The molecule has 0 spiro atoms. The Balaban J connectivity index is 2.29. The van der Waals surface area contributed by atoms with Gasteiger partial charge in [0.15, 0.2) is 5.96 Å². The van der Waals surface area contributed by atoms with Crippen LogP contribution in [-0.2, 0) is 0 Å². The van der Waals surface area contributed by atoms with Gasteiger partial charge in [-0.15, -0.1) is 0 Å². The van der Waals surface area contributed by atoms with Crippen LogP contribution in [0.2, 0.25) is 0 Å². The molecule has 0 atom stereocenters. The Morgan fingerprint density at radius 2 is 1.76 bits per heavy atom. The van der Waals surface area contributed by atoms with Gasteiger partial charge in [0.2, 0.25) is 0 Å². The van der Waals surface area contributed by atoms with Crippen molar-refractivity contribution in [1.29, 1.82) is 0 Å². The fourth-order valence-corrected chi connectivity index (χ4v) is 2.31. The minimum Gasteiger partial charge on any atom is -0.356 e. The summed E-state index contributed by atoms with van der Waals surface area (Å²) in [4.78, 5) is 4.27. The van der Waals surface area contributed by atoms with Gasteiger partial charge >= 0.3 is 0 Å². The van der Waals surface area contributed by atoms with Gasteiger partial charge in [-0.1, -0.05) is 19.8 Å². The summed E-state index contributed by atoms with van der Waals surface area (Å²) >= 11 is 0. The number of guanidine groups is 1. The molecule has 1 aliphatic rings. The lowest BCUT2D eigenvalue weighted by atomic mass is 9.83. The van der Waals surface area contributed by atoms with Crippen molar-refractivity contribution in [1.82, 2.24) is 10.6 Å². The molecule has 17 heavy (non-hydrogen) atoms. The molecule has 1 rings (SSSR count). The topological polar surface area (TPSA) is 36.4 Å². The Kier molecular flexibility index (Phi) is 5.29. The van der Waals surface area contributed by atoms with Gasteiger partial charge in [-0.25, -0.2) is 0 Å². The maximum absolute atomic E-state index is 4.27. The minimum absolute atomic E-state index is 0.0723. The molecule has 0 radical (unpaired) electrons. The van der Waals surface area contributed by atoms with Crippen molar-refractivity contribution in [3.05, 3.63) is 0 Å². The molecule has 0 bridgehead atoms. The van der Waals surface area contributed by atoms with E-state index in [-0.39, 0.29) is 5.54 Å². The molecule has 0 aromatic rings. The summed E-state index contributed by atoms with van der Waals surface area (Å²) < 4.78 is 0. The van der Waals surface area contributed by atoms with E-state index >= 15 is 0 Å². The van der Waals surface area contributed by atoms with Crippen LogP contribution in [0.4, 0.5) is 0 Å². The molecule has 0 saturated heterocycles. The second kappa shape index (κ2) is 6.27. The molecule has 2 N–H and O–H groups in total. The second-order valence-electron chi connectivity index (χ2n) is 6.45. The molecule has 1 fully saturated rings. The zero-order valence-corrected chi connectivity index (χ0v) is 12.1. The van der Waals surface area contributed by atoms with Crippen molar-refractivity contribution >= 4 is 5.96 Å². The number of aliphatic imine (C=N–C) groups is 1. The van der Waals surface area contributed by atoms with Crippen LogP contribution >= 0.6 is 0 Å². The van der Waals surface area contributed by atoms with Crippen molar-refractivity contribution in [3.63, 3.8) is 0 Å². The van der Waals surface area contributed by atoms with Gasteiger partial charge in [-0.05, 0) is 45.4 Å². The van der Waals surface area contributed by atoms with E-state index in [4.69, 9.17) is 0 Å². The third-order valence-corrected chi connectivity index (χ3v) is 3.41. The highest BCUT2D eigenvalue weighted by Gasteiger charge is 2.19. The Morgan fingerprint density at radius 3 is 2.24 bits per heavy atom. The predicted octanol–water partition coefficient (Wildman–Crippen LogP) is 2.78. The summed E-state index contributed by atoms with van der Waals surface area (Å²) in [6.45, 7) is 9.89. The molecule has 1 aliphatic carbocycles. The van der Waals surface area contributed by atoms with Crippen LogP contribution in [-0.4, -0.2) is 25.1 Å². The van der Waals surface area contributed by atoms with Gasteiger partial charge in [-0.2, -0.15) is 0 Å². The van der Waals surface area contributed by atoms with Gasteiger partial charge in [0.1, 0.15) is 0 Å². The number of hydrogen-bond acceptors (Lipinski definition) is 1. The lowest BCUT2D eigenvalue weighted by Crippen LogP contribution is -2.48. The maximum atomic E-state index is 4.27. The molecule has 0 amide bonds. The van der Waals surface area contributed by atoms with Gasteiger partial charge < -0.3 is 10.6 Å². The molecule has 0 aromatic carbocycles. The largest absolute Gasteiger partial charge is 0.356 e. The highest BCUT2D eigenvalue weighted by Crippen LogP contribution is 2.27. The number of nitrogens with zero attached hydrogens (tertiary/aromatic N) is 1. The van der Waals surface area contributed by atoms with Gasteiger partial charge in [0.05, 0.1) is 0 Å². The standard InChI is InChI=1S/C14H29N3/c1-11-6-8-12(9-7-11)10-16-13(15-5)17-14(2,3)4/h11-12H,6-10H2,1-5H3,(H2,15,16,17). The lowest BCUT2D eigenvalue weighted by molar-refractivity contribution is 0.289. The van der Waals surface area contributed by atoms with Crippen LogP contribution in [0.1, 0.15) is 53.4 Å². The zero-order valence-electron chi connectivity index (χ0n) is 12.1. The molecule has 3 heteroatoms. The second-order valence-corrected chi connectivity index (χ2v) is 6.45. The fourth-order valence-electron chi connectivity index (χ4n) is 2.31. The SMILES string of the molecule is CN=C(NCC1CCC(C)CC1)NC(C)(C)C. The van der Waals surface area contributed by atoms with Crippen LogP contribution < -0.4 is 10.6 Å². The molecule has 1 saturated carbocycles. The van der Waals surface area contributed by atoms with Gasteiger partial charge in [0.25, 0.3) is 0 Å². The van der Waals surface area contributed by atoms with Crippen molar-refractivity contribution < 1.29 is 0 Å². The first-order valence-electron chi connectivity index (χ1n) is 6.89. The van der Waals surface area contributed by atoms with E-state index in [0.717, 1.165) is 24.3 Å². The van der Waals surface area contributed by atoms with Crippen LogP contribution in [0.15, 0.2) is 4.99 Å². The summed E-state index contributed by atoms with van der Waals surface area (Å²) in [6.07, 6.45) is 5.50. The van der Waals surface area contributed by atoms with E-state index in [0.29, 0.717) is 0 Å². The molecular weight excluding hydrogens is 210 g/mol. The first kappa shape index (κ1) is 14.3.